The van der Waals surface area contributed by atoms with Crippen LogP contribution in [0.3, 0.4) is 0 Å². The summed E-state index contributed by atoms with van der Waals surface area (Å²) in [6, 6.07) is 10.4. The molecule has 0 unspecified atom stereocenters. The Bertz CT molecular complexity index is 1510. The molecule has 1 saturated heterocycles. The first-order valence-corrected chi connectivity index (χ1v) is 15.0. The van der Waals surface area contributed by atoms with Crippen LogP contribution in [0.25, 0.3) is 0 Å². The molecule has 2 atom stereocenters. The van der Waals surface area contributed by atoms with Crippen LogP contribution in [0.5, 0.6) is 0 Å². The van der Waals surface area contributed by atoms with E-state index in [1.54, 1.807) is 18.5 Å². The van der Waals surface area contributed by atoms with Crippen molar-refractivity contribution in [2.75, 3.05) is 18.1 Å². The van der Waals surface area contributed by atoms with Gasteiger partial charge in [0.15, 0.2) is 0 Å². The molecule has 2 aromatic carbocycles. The first-order chi connectivity index (χ1) is 20.1. The molecule has 222 valence electrons. The van der Waals surface area contributed by atoms with E-state index in [0.717, 1.165) is 49.9 Å². The van der Waals surface area contributed by atoms with E-state index >= 15 is 0 Å². The van der Waals surface area contributed by atoms with Gasteiger partial charge >= 0.3 is 6.18 Å². The fourth-order valence-corrected chi connectivity index (χ4v) is 7.08. The van der Waals surface area contributed by atoms with Crippen LogP contribution in [0.2, 0.25) is 0 Å². The summed E-state index contributed by atoms with van der Waals surface area (Å²) in [5, 5.41) is 12.1. The summed E-state index contributed by atoms with van der Waals surface area (Å²) >= 11 is 0. The van der Waals surface area contributed by atoms with Crippen LogP contribution < -0.4 is 10.2 Å². The number of hydrogen-bond donors (Lipinski definition) is 1. The molecule has 0 spiro atoms. The Balaban J connectivity index is 1.25. The molecule has 1 amide bonds. The van der Waals surface area contributed by atoms with Gasteiger partial charge in [-0.3, -0.25) is 4.79 Å². The number of benzene rings is 2. The second-order valence-electron chi connectivity index (χ2n) is 12.9. The standard InChI is InChI=1S/C32H36F3N5O2/c1-31(10-5-11-31)37-28(19-6-3-7-19)21-13-24-25(26(14-21)32(33,34)35)15-40(30(24)41)23-9-4-8-20(12-23)27(22-16-42-17-22)29-38-36-18-39(29)2/h4,8-9,12-14,18-19,22,27-28,37H,3,5-7,10-11,15-17H2,1-2H3/t27-,28-/m1/s1. The zero-order valence-electron chi connectivity index (χ0n) is 24.0. The Morgan fingerprint density at radius 1 is 1.07 bits per heavy atom. The summed E-state index contributed by atoms with van der Waals surface area (Å²) < 4.78 is 51.1. The molecule has 4 aliphatic rings. The van der Waals surface area contributed by atoms with Crippen molar-refractivity contribution in [1.82, 2.24) is 20.1 Å². The van der Waals surface area contributed by atoms with Gasteiger partial charge in [-0.15, -0.1) is 10.2 Å². The second-order valence-corrected chi connectivity index (χ2v) is 12.9. The third kappa shape index (κ3) is 4.72. The van der Waals surface area contributed by atoms with Crippen LogP contribution >= 0.6 is 0 Å². The fourth-order valence-electron chi connectivity index (χ4n) is 7.08. The van der Waals surface area contributed by atoms with Gasteiger partial charge in [0.25, 0.3) is 5.91 Å². The van der Waals surface area contributed by atoms with Gasteiger partial charge < -0.3 is 19.5 Å². The molecule has 0 bridgehead atoms. The molecule has 7 nitrogen and oxygen atoms in total. The van der Waals surface area contributed by atoms with Gasteiger partial charge in [-0.2, -0.15) is 13.2 Å². The molecular weight excluding hydrogens is 543 g/mol. The minimum absolute atomic E-state index is 0.0566. The number of amides is 1. The predicted octanol–water partition coefficient (Wildman–Crippen LogP) is 6.15. The second kappa shape index (κ2) is 10.2. The number of hydrogen-bond acceptors (Lipinski definition) is 5. The van der Waals surface area contributed by atoms with E-state index < -0.39 is 11.7 Å². The molecule has 2 aliphatic heterocycles. The van der Waals surface area contributed by atoms with Crippen LogP contribution in [0, 0.1) is 11.8 Å². The molecule has 1 N–H and O–H groups in total. The number of nitrogens with zero attached hydrogens (tertiary/aromatic N) is 4. The zero-order valence-corrected chi connectivity index (χ0v) is 24.0. The molecule has 1 aromatic heterocycles. The third-order valence-corrected chi connectivity index (χ3v) is 10.0. The number of carbonyl (C=O) groups is 1. The van der Waals surface area contributed by atoms with Gasteiger partial charge in [0, 0.05) is 35.8 Å². The number of ether oxygens (including phenoxy) is 1. The van der Waals surface area contributed by atoms with Gasteiger partial charge in [0.05, 0.1) is 31.2 Å². The van der Waals surface area contributed by atoms with Crippen molar-refractivity contribution in [3.8, 4) is 0 Å². The lowest BCUT2D eigenvalue weighted by molar-refractivity contribution is -0.138. The predicted molar refractivity (Wildman–Crippen MR) is 151 cm³/mol. The van der Waals surface area contributed by atoms with Crippen LogP contribution in [-0.4, -0.2) is 39.4 Å². The molecule has 10 heteroatoms. The van der Waals surface area contributed by atoms with Crippen LogP contribution in [-0.2, 0) is 24.5 Å². The van der Waals surface area contributed by atoms with Crippen molar-refractivity contribution >= 4 is 11.6 Å². The van der Waals surface area contributed by atoms with Crippen LogP contribution in [0.1, 0.15) is 95.8 Å². The summed E-state index contributed by atoms with van der Waals surface area (Å²) in [7, 11) is 1.89. The summed E-state index contributed by atoms with van der Waals surface area (Å²) in [6.45, 7) is 3.21. The maximum Gasteiger partial charge on any atom is 0.416 e. The lowest BCUT2D eigenvalue weighted by Gasteiger charge is -2.46. The molecule has 3 fully saturated rings. The monoisotopic (exact) mass is 579 g/mol. The van der Waals surface area contributed by atoms with Gasteiger partial charge in [-0.1, -0.05) is 18.6 Å². The highest BCUT2D eigenvalue weighted by Gasteiger charge is 2.44. The Hall–Kier alpha value is -3.24. The molecule has 42 heavy (non-hydrogen) atoms. The maximum atomic E-state index is 14.6. The number of rotatable bonds is 8. The Labute approximate surface area is 243 Å². The number of anilines is 1. The Morgan fingerprint density at radius 2 is 1.86 bits per heavy atom. The van der Waals surface area contributed by atoms with E-state index in [-0.39, 0.29) is 52.9 Å². The number of aromatic nitrogens is 3. The lowest BCUT2D eigenvalue weighted by atomic mass is 9.72. The van der Waals surface area contributed by atoms with Gasteiger partial charge in [-0.05, 0) is 85.9 Å². The van der Waals surface area contributed by atoms with Crippen molar-refractivity contribution in [1.29, 1.82) is 0 Å². The quantitative estimate of drug-likeness (QED) is 0.347. The summed E-state index contributed by atoms with van der Waals surface area (Å²) in [4.78, 5) is 15.4. The van der Waals surface area contributed by atoms with E-state index in [2.05, 4.69) is 22.4 Å². The summed E-state index contributed by atoms with van der Waals surface area (Å²) in [6.07, 6.45) is 3.29. The van der Waals surface area contributed by atoms with Crippen molar-refractivity contribution in [2.24, 2.45) is 18.9 Å². The minimum atomic E-state index is -4.57. The van der Waals surface area contributed by atoms with Crippen LogP contribution in [0.4, 0.5) is 18.9 Å². The summed E-state index contributed by atoms with van der Waals surface area (Å²) in [5.74, 6) is 0.765. The summed E-state index contributed by atoms with van der Waals surface area (Å²) in [5.41, 5.74) is 1.53. The molecule has 3 heterocycles. The fraction of sp³-hybridized carbons (Fsp3) is 0.531. The number of fused-ring (bicyclic) bond motifs is 1. The first kappa shape index (κ1) is 27.6. The van der Waals surface area contributed by atoms with Crippen molar-refractivity contribution in [2.45, 2.75) is 75.7 Å². The van der Waals surface area contributed by atoms with E-state index in [4.69, 9.17) is 4.74 Å². The van der Waals surface area contributed by atoms with Gasteiger partial charge in [0.2, 0.25) is 0 Å². The molecule has 2 aliphatic carbocycles. The normalized spacial score (nSPS) is 21.8. The SMILES string of the molecule is Cn1cnnc1[C@H](c1cccc(N2Cc3c(cc([C@H](NC4(C)CCC4)C4CCC4)cc3C(F)(F)F)C2=O)c1)C1COC1. The van der Waals surface area contributed by atoms with E-state index in [0.29, 0.717) is 24.5 Å². The highest BCUT2D eigenvalue weighted by Crippen LogP contribution is 2.46. The molecule has 3 aromatic rings. The van der Waals surface area contributed by atoms with E-state index in [1.165, 1.54) is 11.0 Å². The number of aryl methyl sites for hydroxylation is 1. The molecule has 7 rings (SSSR count). The number of nitrogens with one attached hydrogen (secondary N) is 1. The van der Waals surface area contributed by atoms with Crippen molar-refractivity contribution < 1.29 is 22.7 Å². The number of halogens is 3. The minimum Gasteiger partial charge on any atom is -0.381 e. The van der Waals surface area contributed by atoms with Crippen molar-refractivity contribution in [3.63, 3.8) is 0 Å². The smallest absolute Gasteiger partial charge is 0.381 e. The largest absolute Gasteiger partial charge is 0.416 e. The Kier molecular flexibility index (Phi) is 6.69. The lowest BCUT2D eigenvalue weighted by Crippen LogP contribution is -2.52. The maximum absolute atomic E-state index is 14.6. The highest BCUT2D eigenvalue weighted by molar-refractivity contribution is 6.10. The third-order valence-electron chi connectivity index (χ3n) is 10.0. The zero-order chi connectivity index (χ0) is 29.2. The van der Waals surface area contributed by atoms with Gasteiger partial charge in [0.1, 0.15) is 12.2 Å². The average Bonchev–Trinajstić information content (AvgIpc) is 3.45. The topological polar surface area (TPSA) is 72.3 Å². The van der Waals surface area contributed by atoms with E-state index in [1.807, 2.05) is 29.8 Å². The molecular formula is C32H36F3N5O2. The number of carbonyl (C=O) groups excluding carboxylic acids is 1. The van der Waals surface area contributed by atoms with Crippen LogP contribution in [0.15, 0.2) is 42.7 Å². The average molecular weight is 580 g/mol. The van der Waals surface area contributed by atoms with E-state index in [9.17, 15) is 18.0 Å². The highest BCUT2D eigenvalue weighted by atomic mass is 19.4. The van der Waals surface area contributed by atoms with Gasteiger partial charge in [-0.25, -0.2) is 0 Å². The Morgan fingerprint density at radius 3 is 2.43 bits per heavy atom. The first-order valence-electron chi connectivity index (χ1n) is 15.0. The number of alkyl halides is 3. The van der Waals surface area contributed by atoms with Crippen molar-refractivity contribution in [3.05, 3.63) is 76.4 Å². The molecule has 2 saturated carbocycles. The molecule has 0 radical (unpaired) electrons.